The zero-order chi connectivity index (χ0) is 36.8. The lowest BCUT2D eigenvalue weighted by Gasteiger charge is -2.09. The van der Waals surface area contributed by atoms with Crippen molar-refractivity contribution >= 4 is 5.97 Å². The van der Waals surface area contributed by atoms with E-state index in [-0.39, 0.29) is 5.97 Å². The lowest BCUT2D eigenvalue weighted by molar-refractivity contribution is -0.145. The molecule has 0 saturated heterocycles. The molecule has 0 heterocycles. The molecule has 0 spiro atoms. The van der Waals surface area contributed by atoms with Crippen LogP contribution in [0.15, 0.2) is 0 Å². The van der Waals surface area contributed by atoms with Gasteiger partial charge < -0.3 is 52.1 Å². The predicted molar refractivity (Wildman–Crippen MR) is 200 cm³/mol. The molecule has 0 aromatic carbocycles. The number of unbranched alkanes of at least 4 members (excludes halogenated alkanes) is 12. The monoisotopic (exact) mass is 739 g/mol. The summed E-state index contributed by atoms with van der Waals surface area (Å²) in [6.07, 6.45) is 17.9. The SMILES string of the molecule is CCCCCCCCCCCC(=O)OCCOCCOCCOCCOCCOCCOCCOCCOCCOCCOCCCCCCC. The third kappa shape index (κ3) is 47.0. The first-order valence-electron chi connectivity index (χ1n) is 20.2. The highest BCUT2D eigenvalue weighted by Gasteiger charge is 2.03. The van der Waals surface area contributed by atoms with E-state index in [1.807, 2.05) is 0 Å². The van der Waals surface area contributed by atoms with Crippen LogP contribution in [-0.4, -0.2) is 145 Å². The van der Waals surface area contributed by atoms with Gasteiger partial charge in [-0.2, -0.15) is 0 Å². The van der Waals surface area contributed by atoms with Crippen LogP contribution in [0.3, 0.4) is 0 Å². The van der Waals surface area contributed by atoms with Crippen molar-refractivity contribution in [1.29, 1.82) is 0 Å². The van der Waals surface area contributed by atoms with Crippen molar-refractivity contribution in [3.63, 3.8) is 0 Å². The topological polar surface area (TPSA) is 119 Å². The van der Waals surface area contributed by atoms with Crippen molar-refractivity contribution in [2.24, 2.45) is 0 Å². The molecule has 0 N–H and O–H groups in total. The lowest BCUT2D eigenvalue weighted by Crippen LogP contribution is -2.15. The van der Waals surface area contributed by atoms with Gasteiger partial charge in [0.1, 0.15) is 6.61 Å². The van der Waals surface area contributed by atoms with Gasteiger partial charge in [0, 0.05) is 13.0 Å². The molecule has 0 amide bonds. The van der Waals surface area contributed by atoms with Crippen LogP contribution >= 0.6 is 0 Å². The van der Waals surface area contributed by atoms with E-state index in [2.05, 4.69) is 13.8 Å². The van der Waals surface area contributed by atoms with E-state index in [0.29, 0.717) is 139 Å². The molecule has 12 heteroatoms. The summed E-state index contributed by atoms with van der Waals surface area (Å²) in [5.74, 6) is -0.134. The van der Waals surface area contributed by atoms with Gasteiger partial charge in [-0.3, -0.25) is 4.79 Å². The third-order valence-corrected chi connectivity index (χ3v) is 7.72. The molecule has 0 fully saturated rings. The Labute approximate surface area is 311 Å². The molecule has 0 aromatic heterocycles. The number of carbonyl (C=O) groups excluding carboxylic acids is 1. The minimum Gasteiger partial charge on any atom is -0.463 e. The van der Waals surface area contributed by atoms with Crippen LogP contribution in [0.25, 0.3) is 0 Å². The maximum atomic E-state index is 11.8. The summed E-state index contributed by atoms with van der Waals surface area (Å²) in [6, 6.07) is 0. The van der Waals surface area contributed by atoms with Crippen molar-refractivity contribution < 1.29 is 56.9 Å². The number of hydrogen-bond acceptors (Lipinski definition) is 12. The standard InChI is InChI=1S/C39H78O12/c1-3-5-7-9-10-11-12-13-15-17-39(40)51-38-37-50-36-35-49-34-33-48-32-31-47-30-29-46-28-27-45-26-25-44-24-23-43-22-21-42-20-19-41-18-16-14-8-6-4-2/h3-38H2,1-2H3. The highest BCUT2D eigenvalue weighted by molar-refractivity contribution is 5.69. The lowest BCUT2D eigenvalue weighted by atomic mass is 10.1. The van der Waals surface area contributed by atoms with Crippen LogP contribution in [0.1, 0.15) is 110 Å². The van der Waals surface area contributed by atoms with Crippen LogP contribution in [-0.2, 0) is 56.9 Å². The van der Waals surface area contributed by atoms with Crippen LogP contribution < -0.4 is 0 Å². The van der Waals surface area contributed by atoms with Crippen LogP contribution in [0.2, 0.25) is 0 Å². The van der Waals surface area contributed by atoms with E-state index in [4.69, 9.17) is 52.1 Å². The zero-order valence-electron chi connectivity index (χ0n) is 32.9. The average molecular weight is 739 g/mol. The van der Waals surface area contributed by atoms with E-state index in [1.54, 1.807) is 0 Å². The first-order valence-corrected chi connectivity index (χ1v) is 20.2. The molecule has 51 heavy (non-hydrogen) atoms. The van der Waals surface area contributed by atoms with Gasteiger partial charge in [0.15, 0.2) is 0 Å². The zero-order valence-corrected chi connectivity index (χ0v) is 32.9. The van der Waals surface area contributed by atoms with Crippen LogP contribution in [0, 0.1) is 0 Å². The van der Waals surface area contributed by atoms with Crippen molar-refractivity contribution in [1.82, 2.24) is 0 Å². The van der Waals surface area contributed by atoms with Gasteiger partial charge in [0.25, 0.3) is 0 Å². The molecule has 0 rings (SSSR count). The smallest absolute Gasteiger partial charge is 0.305 e. The first-order chi connectivity index (χ1) is 25.3. The molecule has 0 bridgehead atoms. The number of hydrogen-bond donors (Lipinski definition) is 0. The molecular formula is C39H78O12. The molecule has 12 nitrogen and oxygen atoms in total. The molecule has 0 aliphatic rings. The number of esters is 1. The molecule has 0 aliphatic heterocycles. The number of ether oxygens (including phenoxy) is 11. The summed E-state index contributed by atoms with van der Waals surface area (Å²) in [4.78, 5) is 11.8. The van der Waals surface area contributed by atoms with Crippen molar-refractivity contribution in [3.8, 4) is 0 Å². The van der Waals surface area contributed by atoms with E-state index in [9.17, 15) is 4.79 Å². The molecule has 0 radical (unpaired) electrons. The molecular weight excluding hydrogens is 660 g/mol. The van der Waals surface area contributed by atoms with Gasteiger partial charge in [0.05, 0.1) is 126 Å². The quantitative estimate of drug-likeness (QED) is 0.0496. The van der Waals surface area contributed by atoms with E-state index < -0.39 is 0 Å². The normalized spacial score (nSPS) is 11.5. The second-order valence-corrected chi connectivity index (χ2v) is 12.3. The molecule has 0 aliphatic carbocycles. The summed E-state index contributed by atoms with van der Waals surface area (Å²) in [5, 5.41) is 0. The molecule has 0 unspecified atom stereocenters. The predicted octanol–water partition coefficient (Wildman–Crippen LogP) is 6.59. The Morgan fingerprint density at radius 1 is 0.275 bits per heavy atom. The fourth-order valence-electron chi connectivity index (χ4n) is 4.76. The fourth-order valence-corrected chi connectivity index (χ4v) is 4.76. The Bertz CT molecular complexity index is 643. The summed E-state index contributed by atoms with van der Waals surface area (Å²) >= 11 is 0. The van der Waals surface area contributed by atoms with Gasteiger partial charge >= 0.3 is 5.97 Å². The first kappa shape index (κ1) is 50.1. The fraction of sp³-hybridized carbons (Fsp3) is 0.974. The Morgan fingerprint density at radius 3 is 0.824 bits per heavy atom. The van der Waals surface area contributed by atoms with Crippen molar-refractivity contribution in [2.75, 3.05) is 139 Å². The Kier molecular flexibility index (Phi) is 46.2. The molecule has 0 aromatic rings. The summed E-state index contributed by atoms with van der Waals surface area (Å²) in [5.41, 5.74) is 0. The average Bonchev–Trinajstić information content (AvgIpc) is 3.14. The van der Waals surface area contributed by atoms with Gasteiger partial charge in [-0.1, -0.05) is 90.9 Å². The number of carbonyl (C=O) groups is 1. The van der Waals surface area contributed by atoms with Gasteiger partial charge in [-0.15, -0.1) is 0 Å². The second kappa shape index (κ2) is 47.1. The van der Waals surface area contributed by atoms with Gasteiger partial charge in [0.2, 0.25) is 0 Å². The van der Waals surface area contributed by atoms with Gasteiger partial charge in [-0.05, 0) is 12.8 Å². The van der Waals surface area contributed by atoms with Crippen LogP contribution in [0.4, 0.5) is 0 Å². The van der Waals surface area contributed by atoms with Gasteiger partial charge in [-0.25, -0.2) is 0 Å². The highest BCUT2D eigenvalue weighted by Crippen LogP contribution is 2.10. The van der Waals surface area contributed by atoms with E-state index >= 15 is 0 Å². The maximum absolute atomic E-state index is 11.8. The molecule has 306 valence electrons. The Balaban J connectivity index is 3.10. The summed E-state index contributed by atoms with van der Waals surface area (Å²) in [6.45, 7) is 15.4. The minimum atomic E-state index is -0.134. The summed E-state index contributed by atoms with van der Waals surface area (Å²) < 4.78 is 60.2. The maximum Gasteiger partial charge on any atom is 0.305 e. The molecule has 0 saturated carbocycles. The number of rotatable bonds is 46. The molecule has 0 atom stereocenters. The van der Waals surface area contributed by atoms with Crippen LogP contribution in [0.5, 0.6) is 0 Å². The van der Waals surface area contributed by atoms with Crippen molar-refractivity contribution in [3.05, 3.63) is 0 Å². The van der Waals surface area contributed by atoms with Crippen molar-refractivity contribution in [2.45, 2.75) is 110 Å². The second-order valence-electron chi connectivity index (χ2n) is 12.3. The van der Waals surface area contributed by atoms with E-state index in [0.717, 1.165) is 25.9 Å². The summed E-state index contributed by atoms with van der Waals surface area (Å²) in [7, 11) is 0. The largest absolute Gasteiger partial charge is 0.463 e. The van der Waals surface area contributed by atoms with E-state index in [1.165, 1.54) is 70.6 Å². The third-order valence-electron chi connectivity index (χ3n) is 7.72. The highest BCUT2D eigenvalue weighted by atomic mass is 16.6. The Hall–Kier alpha value is -0.930. The Morgan fingerprint density at radius 2 is 0.510 bits per heavy atom. The minimum absolute atomic E-state index is 0.134.